The van der Waals surface area contributed by atoms with Crippen molar-refractivity contribution >= 4 is 12.3 Å². The van der Waals surface area contributed by atoms with Crippen LogP contribution in [0.25, 0.3) is 0 Å². The molecule has 0 spiro atoms. The highest BCUT2D eigenvalue weighted by Crippen LogP contribution is 2.27. The monoisotopic (exact) mass is 282 g/mol. The van der Waals surface area contributed by atoms with Crippen molar-refractivity contribution in [1.29, 1.82) is 0 Å². The highest BCUT2D eigenvalue weighted by molar-refractivity contribution is 5.99. The minimum atomic E-state index is -0.511. The molecule has 21 heavy (non-hydrogen) atoms. The largest absolute Gasteiger partial charge is 0.423 e. The van der Waals surface area contributed by atoms with Crippen LogP contribution in [0.3, 0.4) is 0 Å². The van der Waals surface area contributed by atoms with Crippen LogP contribution in [-0.4, -0.2) is 12.3 Å². The molecule has 0 aliphatic carbocycles. The van der Waals surface area contributed by atoms with Crippen LogP contribution in [0.15, 0.2) is 30.3 Å². The topological polar surface area (TPSA) is 43.4 Å². The Morgan fingerprint density at radius 2 is 1.67 bits per heavy atom. The number of aryl methyl sites for hydroxylation is 1. The lowest BCUT2D eigenvalue weighted by Gasteiger charge is -2.14. The maximum atomic E-state index is 12.3. The molecule has 0 unspecified atom stereocenters. The fourth-order valence-corrected chi connectivity index (χ4v) is 2.22. The first-order valence-corrected chi connectivity index (χ1v) is 6.79. The molecular weight excluding hydrogens is 264 g/mol. The summed E-state index contributed by atoms with van der Waals surface area (Å²) in [6, 6.07) is 8.48. The predicted octanol–water partition coefficient (Wildman–Crippen LogP) is 3.95. The molecule has 0 heterocycles. The van der Waals surface area contributed by atoms with Gasteiger partial charge in [-0.25, -0.2) is 4.79 Å². The molecule has 0 radical (unpaired) electrons. The van der Waals surface area contributed by atoms with Gasteiger partial charge in [-0.2, -0.15) is 0 Å². The van der Waals surface area contributed by atoms with Crippen LogP contribution in [0.5, 0.6) is 5.75 Å². The van der Waals surface area contributed by atoms with Gasteiger partial charge < -0.3 is 4.74 Å². The summed E-state index contributed by atoms with van der Waals surface area (Å²) in [6.07, 6.45) is 0.662. The number of hydrogen-bond donors (Lipinski definition) is 0. The van der Waals surface area contributed by atoms with Crippen LogP contribution in [0.1, 0.15) is 43.0 Å². The molecule has 2 rings (SSSR count). The number of benzene rings is 2. The van der Waals surface area contributed by atoms with Crippen molar-refractivity contribution < 1.29 is 14.3 Å². The van der Waals surface area contributed by atoms with Gasteiger partial charge in [-0.1, -0.05) is 18.2 Å². The second-order valence-corrected chi connectivity index (χ2v) is 5.16. The van der Waals surface area contributed by atoms with Crippen molar-refractivity contribution in [3.05, 3.63) is 63.7 Å². The number of carbonyl (C=O) groups is 2. The summed E-state index contributed by atoms with van der Waals surface area (Å²) in [6.45, 7) is 7.97. The lowest BCUT2D eigenvalue weighted by atomic mass is 9.99. The Morgan fingerprint density at radius 1 is 1.00 bits per heavy atom. The zero-order valence-corrected chi connectivity index (χ0v) is 12.7. The lowest BCUT2D eigenvalue weighted by Crippen LogP contribution is -2.12. The molecule has 0 fully saturated rings. The number of hydrogen-bond acceptors (Lipinski definition) is 3. The van der Waals surface area contributed by atoms with E-state index >= 15 is 0 Å². The Bertz CT molecular complexity index is 715. The van der Waals surface area contributed by atoms with Crippen molar-refractivity contribution in [2.24, 2.45) is 0 Å². The third kappa shape index (κ3) is 2.87. The van der Waals surface area contributed by atoms with Gasteiger partial charge in [0.25, 0.3) is 0 Å². The van der Waals surface area contributed by atoms with E-state index in [1.165, 1.54) is 5.56 Å². The highest BCUT2D eigenvalue weighted by atomic mass is 16.5. The van der Waals surface area contributed by atoms with Crippen molar-refractivity contribution in [3.8, 4) is 5.75 Å². The minimum absolute atomic E-state index is 0.280. The Morgan fingerprint density at radius 3 is 2.33 bits per heavy atom. The van der Waals surface area contributed by atoms with E-state index in [1.54, 1.807) is 24.3 Å². The highest BCUT2D eigenvalue weighted by Gasteiger charge is 2.16. The first kappa shape index (κ1) is 15.0. The van der Waals surface area contributed by atoms with Gasteiger partial charge in [-0.05, 0) is 62.1 Å². The fourth-order valence-electron chi connectivity index (χ4n) is 2.22. The molecule has 0 atom stereocenters. The normalized spacial score (nSPS) is 10.3. The van der Waals surface area contributed by atoms with Crippen molar-refractivity contribution in [1.82, 2.24) is 0 Å². The molecule has 0 N–H and O–H groups in total. The molecule has 3 heteroatoms. The van der Waals surface area contributed by atoms with Crippen LogP contribution in [0.4, 0.5) is 0 Å². The van der Waals surface area contributed by atoms with Crippen LogP contribution in [0.2, 0.25) is 0 Å². The molecule has 3 nitrogen and oxygen atoms in total. The van der Waals surface area contributed by atoms with Crippen LogP contribution < -0.4 is 4.74 Å². The van der Waals surface area contributed by atoms with E-state index in [0.29, 0.717) is 17.6 Å². The van der Waals surface area contributed by atoms with E-state index in [2.05, 4.69) is 0 Å². The maximum Gasteiger partial charge on any atom is 0.344 e. The molecule has 2 aromatic rings. The molecule has 108 valence electrons. The van der Waals surface area contributed by atoms with Gasteiger partial charge in [-0.3, -0.25) is 4.79 Å². The summed E-state index contributed by atoms with van der Waals surface area (Å²) in [5, 5.41) is 0. The SMILES string of the molecule is Cc1cc(OC(=O)c2ccccc2C=O)c(C)c(C)c1C. The average molecular weight is 282 g/mol. The summed E-state index contributed by atoms with van der Waals surface area (Å²) in [7, 11) is 0. The zero-order valence-electron chi connectivity index (χ0n) is 12.7. The molecule has 2 aromatic carbocycles. The number of esters is 1. The Labute approximate surface area is 124 Å². The zero-order chi connectivity index (χ0) is 15.6. The maximum absolute atomic E-state index is 12.3. The Kier molecular flexibility index (Phi) is 4.22. The van der Waals surface area contributed by atoms with E-state index in [0.717, 1.165) is 16.7 Å². The summed E-state index contributed by atoms with van der Waals surface area (Å²) >= 11 is 0. The molecule has 0 aromatic heterocycles. The third-order valence-electron chi connectivity index (χ3n) is 3.94. The van der Waals surface area contributed by atoms with Crippen LogP contribution in [-0.2, 0) is 0 Å². The molecule has 0 saturated heterocycles. The van der Waals surface area contributed by atoms with E-state index in [4.69, 9.17) is 4.74 Å². The summed E-state index contributed by atoms with van der Waals surface area (Å²) in [5.41, 5.74) is 4.94. The number of aldehydes is 1. The van der Waals surface area contributed by atoms with Crippen molar-refractivity contribution in [2.75, 3.05) is 0 Å². The Balaban J connectivity index is 2.39. The average Bonchev–Trinajstić information content (AvgIpc) is 2.50. The predicted molar refractivity (Wildman–Crippen MR) is 82.2 cm³/mol. The second kappa shape index (κ2) is 5.92. The quantitative estimate of drug-likeness (QED) is 0.486. The minimum Gasteiger partial charge on any atom is -0.423 e. The molecule has 0 saturated carbocycles. The fraction of sp³-hybridized carbons (Fsp3) is 0.222. The summed E-state index contributed by atoms with van der Waals surface area (Å²) in [5.74, 6) is 0.0322. The van der Waals surface area contributed by atoms with E-state index in [-0.39, 0.29) is 5.56 Å². The molecular formula is C18H18O3. The van der Waals surface area contributed by atoms with E-state index < -0.39 is 5.97 Å². The molecule has 0 aliphatic rings. The summed E-state index contributed by atoms with van der Waals surface area (Å²) in [4.78, 5) is 23.3. The number of ether oxygens (including phenoxy) is 1. The molecule has 0 amide bonds. The smallest absolute Gasteiger partial charge is 0.344 e. The molecule has 0 bridgehead atoms. The van der Waals surface area contributed by atoms with Crippen molar-refractivity contribution in [2.45, 2.75) is 27.7 Å². The lowest BCUT2D eigenvalue weighted by molar-refractivity contribution is 0.0730. The van der Waals surface area contributed by atoms with Gasteiger partial charge in [0.1, 0.15) is 5.75 Å². The van der Waals surface area contributed by atoms with Gasteiger partial charge in [0.2, 0.25) is 0 Å². The first-order chi connectivity index (χ1) is 9.95. The third-order valence-corrected chi connectivity index (χ3v) is 3.94. The number of rotatable bonds is 3. The standard InChI is InChI=1S/C18H18O3/c1-11-9-17(14(4)13(3)12(11)2)21-18(20)16-8-6-5-7-15(16)10-19/h5-10H,1-4H3. The second-order valence-electron chi connectivity index (χ2n) is 5.16. The molecule has 0 aliphatic heterocycles. The van der Waals surface area contributed by atoms with Crippen LogP contribution >= 0.6 is 0 Å². The van der Waals surface area contributed by atoms with Crippen molar-refractivity contribution in [3.63, 3.8) is 0 Å². The van der Waals surface area contributed by atoms with Crippen LogP contribution in [0, 0.1) is 27.7 Å². The van der Waals surface area contributed by atoms with Gasteiger partial charge in [0, 0.05) is 5.56 Å². The summed E-state index contributed by atoms with van der Waals surface area (Å²) < 4.78 is 5.49. The van der Waals surface area contributed by atoms with Gasteiger partial charge in [-0.15, -0.1) is 0 Å². The van der Waals surface area contributed by atoms with Gasteiger partial charge >= 0.3 is 5.97 Å². The first-order valence-electron chi connectivity index (χ1n) is 6.79. The Hall–Kier alpha value is -2.42. The van der Waals surface area contributed by atoms with E-state index in [1.807, 2.05) is 33.8 Å². The van der Waals surface area contributed by atoms with Gasteiger partial charge in [0.15, 0.2) is 6.29 Å². The van der Waals surface area contributed by atoms with E-state index in [9.17, 15) is 9.59 Å². The van der Waals surface area contributed by atoms with Gasteiger partial charge in [0.05, 0.1) is 5.56 Å². The number of carbonyl (C=O) groups excluding carboxylic acids is 2.